The van der Waals surface area contributed by atoms with E-state index in [1.165, 1.54) is 0 Å². The minimum Gasteiger partial charge on any atom is -0.467 e. The molecule has 0 saturated carbocycles. The van der Waals surface area contributed by atoms with Crippen molar-refractivity contribution < 1.29 is 9.15 Å². The maximum absolute atomic E-state index is 5.77. The molecule has 0 aliphatic carbocycles. The number of ether oxygens (including phenoxy) is 1. The fraction of sp³-hybridized carbons (Fsp3) is 0.167. The first-order valence-electron chi connectivity index (χ1n) is 4.69. The molecule has 1 aromatic heterocycles. The van der Waals surface area contributed by atoms with Crippen LogP contribution in [0.25, 0.3) is 0 Å². The lowest BCUT2D eigenvalue weighted by molar-refractivity contribution is 0.0929. The number of furan rings is 1. The summed E-state index contributed by atoms with van der Waals surface area (Å²) in [6.07, 6.45) is 1.64. The molecule has 1 heterocycles. The Bertz CT molecular complexity index is 392. The van der Waals surface area contributed by atoms with Crippen molar-refractivity contribution in [3.05, 3.63) is 59.0 Å². The van der Waals surface area contributed by atoms with Gasteiger partial charge in [0.25, 0.3) is 0 Å². The Kier molecular flexibility index (Phi) is 3.43. The van der Waals surface area contributed by atoms with E-state index in [1.807, 2.05) is 36.4 Å². The Morgan fingerprint density at radius 2 is 1.87 bits per heavy atom. The van der Waals surface area contributed by atoms with E-state index in [-0.39, 0.29) is 0 Å². The smallest absolute Gasteiger partial charge is 0.129 e. The van der Waals surface area contributed by atoms with E-state index >= 15 is 0 Å². The second kappa shape index (κ2) is 5.01. The van der Waals surface area contributed by atoms with Crippen LogP contribution in [-0.2, 0) is 18.0 Å². The van der Waals surface area contributed by atoms with Crippen molar-refractivity contribution in [3.8, 4) is 0 Å². The van der Waals surface area contributed by atoms with Crippen LogP contribution in [0, 0.1) is 0 Å². The summed E-state index contributed by atoms with van der Waals surface area (Å²) < 4.78 is 10.6. The lowest BCUT2D eigenvalue weighted by atomic mass is 10.2. The number of rotatable bonds is 4. The number of hydrogen-bond acceptors (Lipinski definition) is 2. The first-order valence-corrected chi connectivity index (χ1v) is 5.07. The molecule has 0 amide bonds. The summed E-state index contributed by atoms with van der Waals surface area (Å²) >= 11 is 5.77. The summed E-state index contributed by atoms with van der Waals surface area (Å²) in [6, 6.07) is 11.3. The summed E-state index contributed by atoms with van der Waals surface area (Å²) in [5.74, 6) is 0.837. The van der Waals surface area contributed by atoms with Gasteiger partial charge in [-0.25, -0.2) is 0 Å². The molecular weight excluding hydrogens is 212 g/mol. The zero-order chi connectivity index (χ0) is 10.5. The zero-order valence-electron chi connectivity index (χ0n) is 8.15. The lowest BCUT2D eigenvalue weighted by Crippen LogP contribution is -1.92. The molecule has 0 unspecified atom stereocenters. The number of hydrogen-bond donors (Lipinski definition) is 0. The highest BCUT2D eigenvalue weighted by atomic mass is 35.5. The van der Waals surface area contributed by atoms with Crippen molar-refractivity contribution in [3.63, 3.8) is 0 Å². The molecule has 2 rings (SSSR count). The minimum absolute atomic E-state index is 0.496. The maximum Gasteiger partial charge on any atom is 0.129 e. The second-order valence-corrected chi connectivity index (χ2v) is 3.64. The third-order valence-electron chi connectivity index (χ3n) is 2.01. The standard InChI is InChI=1S/C12H11ClO2/c13-11-5-3-10(4-6-11)8-14-9-12-2-1-7-15-12/h1-7H,8-9H2. The van der Waals surface area contributed by atoms with E-state index in [1.54, 1.807) is 6.26 Å². The first kappa shape index (κ1) is 10.3. The van der Waals surface area contributed by atoms with Crippen molar-refractivity contribution in [1.29, 1.82) is 0 Å². The van der Waals surface area contributed by atoms with Crippen LogP contribution in [0.2, 0.25) is 5.02 Å². The van der Waals surface area contributed by atoms with Gasteiger partial charge in [0, 0.05) is 5.02 Å². The predicted molar refractivity (Wildman–Crippen MR) is 58.7 cm³/mol. The Labute approximate surface area is 93.4 Å². The summed E-state index contributed by atoms with van der Waals surface area (Å²) in [7, 11) is 0. The highest BCUT2D eigenvalue weighted by Crippen LogP contribution is 2.11. The van der Waals surface area contributed by atoms with Crippen LogP contribution in [-0.4, -0.2) is 0 Å². The molecule has 0 bridgehead atoms. The van der Waals surface area contributed by atoms with Crippen LogP contribution in [0.5, 0.6) is 0 Å². The molecule has 78 valence electrons. The lowest BCUT2D eigenvalue weighted by Gasteiger charge is -2.02. The van der Waals surface area contributed by atoms with Crippen LogP contribution in [0.1, 0.15) is 11.3 Å². The van der Waals surface area contributed by atoms with Gasteiger partial charge in [-0.05, 0) is 29.8 Å². The van der Waals surface area contributed by atoms with Gasteiger partial charge in [0.1, 0.15) is 12.4 Å². The number of halogens is 1. The molecule has 0 radical (unpaired) electrons. The van der Waals surface area contributed by atoms with Gasteiger partial charge in [0.2, 0.25) is 0 Å². The largest absolute Gasteiger partial charge is 0.467 e. The second-order valence-electron chi connectivity index (χ2n) is 3.20. The summed E-state index contributed by atoms with van der Waals surface area (Å²) in [5, 5.41) is 0.741. The topological polar surface area (TPSA) is 22.4 Å². The van der Waals surface area contributed by atoms with Crippen molar-refractivity contribution in [2.24, 2.45) is 0 Å². The van der Waals surface area contributed by atoms with Crippen LogP contribution in [0.3, 0.4) is 0 Å². The molecule has 2 aromatic rings. The van der Waals surface area contributed by atoms with Gasteiger partial charge < -0.3 is 9.15 Å². The molecule has 0 saturated heterocycles. The van der Waals surface area contributed by atoms with E-state index < -0.39 is 0 Å². The van der Waals surface area contributed by atoms with Gasteiger partial charge in [-0.2, -0.15) is 0 Å². The molecule has 0 aliphatic heterocycles. The van der Waals surface area contributed by atoms with Gasteiger partial charge in [-0.1, -0.05) is 23.7 Å². The highest BCUT2D eigenvalue weighted by molar-refractivity contribution is 6.30. The Balaban J connectivity index is 1.81. The van der Waals surface area contributed by atoms with Crippen molar-refractivity contribution in [2.45, 2.75) is 13.2 Å². The van der Waals surface area contributed by atoms with Gasteiger partial charge in [-0.3, -0.25) is 0 Å². The van der Waals surface area contributed by atoms with Crippen molar-refractivity contribution in [1.82, 2.24) is 0 Å². The summed E-state index contributed by atoms with van der Waals surface area (Å²) in [6.45, 7) is 1.06. The average molecular weight is 223 g/mol. The molecule has 0 spiro atoms. The Morgan fingerprint density at radius 3 is 2.53 bits per heavy atom. The van der Waals surface area contributed by atoms with Gasteiger partial charge in [0.05, 0.1) is 12.9 Å². The highest BCUT2D eigenvalue weighted by Gasteiger charge is 1.97. The molecule has 0 aliphatic rings. The molecule has 15 heavy (non-hydrogen) atoms. The molecule has 1 aromatic carbocycles. The average Bonchev–Trinajstić information content (AvgIpc) is 2.74. The molecular formula is C12H11ClO2. The van der Waals surface area contributed by atoms with Crippen LogP contribution in [0.4, 0.5) is 0 Å². The molecule has 2 nitrogen and oxygen atoms in total. The molecule has 0 fully saturated rings. The molecule has 3 heteroatoms. The van der Waals surface area contributed by atoms with E-state index in [2.05, 4.69) is 0 Å². The third-order valence-corrected chi connectivity index (χ3v) is 2.26. The van der Waals surface area contributed by atoms with Gasteiger partial charge in [0.15, 0.2) is 0 Å². The number of benzene rings is 1. The summed E-state index contributed by atoms with van der Waals surface area (Å²) in [5.41, 5.74) is 1.10. The third kappa shape index (κ3) is 3.11. The zero-order valence-corrected chi connectivity index (χ0v) is 8.91. The minimum atomic E-state index is 0.496. The van der Waals surface area contributed by atoms with Crippen molar-refractivity contribution in [2.75, 3.05) is 0 Å². The van der Waals surface area contributed by atoms with E-state index in [0.29, 0.717) is 13.2 Å². The quantitative estimate of drug-likeness (QED) is 0.788. The van der Waals surface area contributed by atoms with Crippen LogP contribution < -0.4 is 0 Å². The molecule has 0 atom stereocenters. The Morgan fingerprint density at radius 1 is 1.07 bits per heavy atom. The normalized spacial score (nSPS) is 10.5. The summed E-state index contributed by atoms with van der Waals surface area (Å²) in [4.78, 5) is 0. The van der Waals surface area contributed by atoms with Crippen LogP contribution in [0.15, 0.2) is 47.1 Å². The SMILES string of the molecule is Clc1ccc(COCc2ccco2)cc1. The van der Waals surface area contributed by atoms with E-state index in [4.69, 9.17) is 20.8 Å². The van der Waals surface area contributed by atoms with Gasteiger partial charge in [-0.15, -0.1) is 0 Å². The first-order chi connectivity index (χ1) is 7.34. The Hall–Kier alpha value is -1.25. The van der Waals surface area contributed by atoms with E-state index in [0.717, 1.165) is 16.3 Å². The van der Waals surface area contributed by atoms with Crippen molar-refractivity contribution >= 4 is 11.6 Å². The maximum atomic E-state index is 5.77. The monoisotopic (exact) mass is 222 g/mol. The van der Waals surface area contributed by atoms with Gasteiger partial charge >= 0.3 is 0 Å². The molecule has 0 N–H and O–H groups in total. The fourth-order valence-corrected chi connectivity index (χ4v) is 1.37. The van der Waals surface area contributed by atoms with Crippen LogP contribution >= 0.6 is 11.6 Å². The predicted octanol–water partition coefficient (Wildman–Crippen LogP) is 3.65. The van der Waals surface area contributed by atoms with E-state index in [9.17, 15) is 0 Å². The fourth-order valence-electron chi connectivity index (χ4n) is 1.24.